The number of amides is 1. The number of rotatable bonds is 1. The van der Waals surface area contributed by atoms with Gasteiger partial charge in [0.2, 0.25) is 11.9 Å². The third-order valence-electron chi connectivity index (χ3n) is 1.08. The van der Waals surface area contributed by atoms with Crippen LogP contribution in [0.5, 0.6) is 0 Å². The second-order valence-corrected chi connectivity index (χ2v) is 2.20. The molecule has 0 aliphatic carbocycles. The Kier molecular flexibility index (Phi) is 5.43. The molecule has 0 saturated carbocycles. The normalized spacial score (nSPS) is 8.31. The Morgan fingerprint density at radius 2 is 2.08 bits per heavy atom. The number of aromatic nitrogens is 2. The van der Waals surface area contributed by atoms with Gasteiger partial charge in [0.05, 0.1) is 0 Å². The first kappa shape index (κ1) is 11.6. The lowest BCUT2D eigenvalue weighted by Crippen LogP contribution is -2.09. The van der Waals surface area contributed by atoms with E-state index < -0.39 is 0 Å². The molecule has 13 heavy (non-hydrogen) atoms. The molecule has 0 fully saturated rings. The van der Waals surface area contributed by atoms with Crippen LogP contribution in [0.2, 0.25) is 0 Å². The van der Waals surface area contributed by atoms with Gasteiger partial charge < -0.3 is 0 Å². The largest absolute Gasteiger partial charge is 0.295 e. The number of hydrogen-bond donors (Lipinski definition) is 1. The van der Waals surface area contributed by atoms with Crippen LogP contribution < -0.4 is 5.32 Å². The summed E-state index contributed by atoms with van der Waals surface area (Å²) < 4.78 is 0. The highest BCUT2D eigenvalue weighted by Gasteiger charge is 1.96. The Hall–Kier alpha value is -1.45. The van der Waals surface area contributed by atoms with E-state index in [1.54, 1.807) is 12.3 Å². The molecule has 0 aromatic carbocycles. The standard InChI is InChI=1S/C7H9N3O.C2H6/c1-5-3-4-8-7(9-5)10-6(2)11;1-2/h3-4H,1-2H3,(H,8,9,10,11);1-2H3. The molecule has 0 aliphatic rings. The molecule has 0 bridgehead atoms. The molecule has 1 rings (SSSR count). The van der Waals surface area contributed by atoms with Crippen LogP contribution in [0.25, 0.3) is 0 Å². The number of nitrogens with one attached hydrogen (secondary N) is 1. The fraction of sp³-hybridized carbons (Fsp3) is 0.444. The van der Waals surface area contributed by atoms with Crippen LogP contribution in [0.15, 0.2) is 12.3 Å². The minimum absolute atomic E-state index is 0.157. The quantitative estimate of drug-likeness (QED) is 0.718. The van der Waals surface area contributed by atoms with Gasteiger partial charge in [0.15, 0.2) is 0 Å². The van der Waals surface area contributed by atoms with Gasteiger partial charge in [-0.15, -0.1) is 0 Å². The molecule has 1 heterocycles. The highest BCUT2D eigenvalue weighted by Crippen LogP contribution is 1.97. The smallest absolute Gasteiger partial charge is 0.229 e. The van der Waals surface area contributed by atoms with Crippen molar-refractivity contribution in [1.29, 1.82) is 0 Å². The zero-order valence-corrected chi connectivity index (χ0v) is 8.46. The maximum absolute atomic E-state index is 10.5. The highest BCUT2D eigenvalue weighted by atomic mass is 16.1. The summed E-state index contributed by atoms with van der Waals surface area (Å²) in [5, 5.41) is 2.48. The first-order valence-electron chi connectivity index (χ1n) is 4.26. The summed E-state index contributed by atoms with van der Waals surface area (Å²) in [6.45, 7) is 7.26. The summed E-state index contributed by atoms with van der Waals surface area (Å²) in [5.74, 6) is 0.202. The Labute approximate surface area is 78.4 Å². The Bertz CT molecular complexity index is 273. The van der Waals surface area contributed by atoms with Crippen molar-refractivity contribution in [3.63, 3.8) is 0 Å². The maximum Gasteiger partial charge on any atom is 0.229 e. The monoisotopic (exact) mass is 181 g/mol. The molecule has 0 spiro atoms. The lowest BCUT2D eigenvalue weighted by atomic mass is 10.5. The molecule has 4 nitrogen and oxygen atoms in total. The van der Waals surface area contributed by atoms with E-state index in [9.17, 15) is 4.79 Å². The van der Waals surface area contributed by atoms with E-state index in [1.165, 1.54) is 6.92 Å². The van der Waals surface area contributed by atoms with Crippen LogP contribution >= 0.6 is 0 Å². The van der Waals surface area contributed by atoms with Gasteiger partial charge in [-0.1, -0.05) is 13.8 Å². The van der Waals surface area contributed by atoms with Crippen LogP contribution in [0.4, 0.5) is 5.95 Å². The molecule has 0 unspecified atom stereocenters. The summed E-state index contributed by atoms with van der Waals surface area (Å²) in [6, 6.07) is 1.77. The van der Waals surface area contributed by atoms with E-state index in [2.05, 4.69) is 15.3 Å². The van der Waals surface area contributed by atoms with E-state index in [0.29, 0.717) is 5.95 Å². The molecule has 1 N–H and O–H groups in total. The van der Waals surface area contributed by atoms with E-state index in [1.807, 2.05) is 20.8 Å². The number of hydrogen-bond acceptors (Lipinski definition) is 3. The molecule has 0 saturated heterocycles. The van der Waals surface area contributed by atoms with Crippen molar-refractivity contribution in [2.24, 2.45) is 0 Å². The molecule has 1 aromatic rings. The number of aryl methyl sites for hydroxylation is 1. The molecule has 1 amide bonds. The van der Waals surface area contributed by atoms with Crippen LogP contribution in [0, 0.1) is 6.92 Å². The SMILES string of the molecule is CC.CC(=O)Nc1nccc(C)n1. The number of carbonyl (C=O) groups excluding carboxylic acids is 1. The topological polar surface area (TPSA) is 54.9 Å². The van der Waals surface area contributed by atoms with Gasteiger partial charge in [0.1, 0.15) is 0 Å². The Morgan fingerprint density at radius 1 is 1.46 bits per heavy atom. The van der Waals surface area contributed by atoms with Gasteiger partial charge in [-0.3, -0.25) is 10.1 Å². The summed E-state index contributed by atoms with van der Waals surface area (Å²) >= 11 is 0. The molecular weight excluding hydrogens is 166 g/mol. The van der Waals surface area contributed by atoms with Crippen molar-refractivity contribution in [1.82, 2.24) is 9.97 Å². The zero-order chi connectivity index (χ0) is 10.3. The van der Waals surface area contributed by atoms with Gasteiger partial charge in [0, 0.05) is 18.8 Å². The van der Waals surface area contributed by atoms with Crippen LogP contribution in [0.1, 0.15) is 26.5 Å². The average molecular weight is 181 g/mol. The minimum Gasteiger partial charge on any atom is -0.295 e. The molecule has 0 atom stereocenters. The van der Waals surface area contributed by atoms with Gasteiger partial charge in [-0.05, 0) is 13.0 Å². The number of nitrogens with zero attached hydrogens (tertiary/aromatic N) is 2. The van der Waals surface area contributed by atoms with Crippen molar-refractivity contribution in [3.8, 4) is 0 Å². The van der Waals surface area contributed by atoms with E-state index >= 15 is 0 Å². The predicted octanol–water partition coefficient (Wildman–Crippen LogP) is 1.77. The number of anilines is 1. The van der Waals surface area contributed by atoms with Crippen molar-refractivity contribution >= 4 is 11.9 Å². The van der Waals surface area contributed by atoms with Crippen molar-refractivity contribution in [2.75, 3.05) is 5.32 Å². The molecule has 72 valence electrons. The van der Waals surface area contributed by atoms with Gasteiger partial charge in [-0.2, -0.15) is 0 Å². The van der Waals surface area contributed by atoms with Crippen molar-refractivity contribution < 1.29 is 4.79 Å². The van der Waals surface area contributed by atoms with E-state index in [0.717, 1.165) is 5.69 Å². The lowest BCUT2D eigenvalue weighted by molar-refractivity contribution is -0.114. The van der Waals surface area contributed by atoms with Gasteiger partial charge >= 0.3 is 0 Å². The fourth-order valence-electron chi connectivity index (χ4n) is 0.667. The van der Waals surface area contributed by atoms with Crippen LogP contribution in [-0.2, 0) is 4.79 Å². The highest BCUT2D eigenvalue weighted by molar-refractivity contribution is 5.86. The van der Waals surface area contributed by atoms with E-state index in [-0.39, 0.29) is 5.91 Å². The summed E-state index contributed by atoms with van der Waals surface area (Å²) in [7, 11) is 0. The molecule has 0 aliphatic heterocycles. The van der Waals surface area contributed by atoms with Gasteiger partial charge in [-0.25, -0.2) is 9.97 Å². The zero-order valence-electron chi connectivity index (χ0n) is 8.46. The summed E-state index contributed by atoms with van der Waals surface area (Å²) in [5.41, 5.74) is 0.837. The fourth-order valence-corrected chi connectivity index (χ4v) is 0.667. The second kappa shape index (κ2) is 6.11. The van der Waals surface area contributed by atoms with Crippen LogP contribution in [0.3, 0.4) is 0 Å². The van der Waals surface area contributed by atoms with Crippen molar-refractivity contribution in [2.45, 2.75) is 27.7 Å². The summed E-state index contributed by atoms with van der Waals surface area (Å²) in [4.78, 5) is 18.3. The second-order valence-electron chi connectivity index (χ2n) is 2.20. The summed E-state index contributed by atoms with van der Waals surface area (Å²) in [6.07, 6.45) is 1.60. The number of carbonyl (C=O) groups is 1. The Morgan fingerprint density at radius 3 is 2.54 bits per heavy atom. The molecular formula is C9H15N3O. The first-order chi connectivity index (χ1) is 6.18. The minimum atomic E-state index is -0.157. The Balaban J connectivity index is 0.000000671. The third kappa shape index (κ3) is 4.90. The van der Waals surface area contributed by atoms with Crippen molar-refractivity contribution in [3.05, 3.63) is 18.0 Å². The lowest BCUT2D eigenvalue weighted by Gasteiger charge is -1.98. The van der Waals surface area contributed by atoms with Crippen LogP contribution in [-0.4, -0.2) is 15.9 Å². The maximum atomic E-state index is 10.5. The van der Waals surface area contributed by atoms with E-state index in [4.69, 9.17) is 0 Å². The average Bonchev–Trinajstić information content (AvgIpc) is 2.06. The molecule has 0 radical (unpaired) electrons. The first-order valence-corrected chi connectivity index (χ1v) is 4.26. The molecule has 4 heteroatoms. The predicted molar refractivity (Wildman–Crippen MR) is 52.4 cm³/mol. The third-order valence-corrected chi connectivity index (χ3v) is 1.08. The van der Waals surface area contributed by atoms with Gasteiger partial charge in [0.25, 0.3) is 0 Å². The molecule has 1 aromatic heterocycles.